The number of carbonyl (C=O) groups is 2. The number of nitrogens with zero attached hydrogens (tertiary/aromatic N) is 1. The molecular weight excluding hydrogens is 400 g/mol. The van der Waals surface area contributed by atoms with Gasteiger partial charge in [0.1, 0.15) is 12.2 Å². The number of rotatable bonds is 20. The fourth-order valence-corrected chi connectivity index (χ4v) is 4.09. The van der Waals surface area contributed by atoms with Gasteiger partial charge in [-0.3, -0.25) is 9.59 Å². The lowest BCUT2D eigenvalue weighted by Crippen LogP contribution is -2.34. The molecule has 0 heterocycles. The fourth-order valence-electron chi connectivity index (χ4n) is 4.09. The van der Waals surface area contributed by atoms with Crippen molar-refractivity contribution >= 4 is 17.5 Å². The summed E-state index contributed by atoms with van der Waals surface area (Å²) in [7, 11) is 0. The smallest absolute Gasteiger partial charge is 0.236 e. The van der Waals surface area contributed by atoms with Crippen LogP contribution in [0.15, 0.2) is 24.3 Å². The number of carbonyl (C=O) groups excluding carboxylic acids is 2. The zero-order chi connectivity index (χ0) is 23.4. The van der Waals surface area contributed by atoms with Crippen LogP contribution in [0.4, 0.5) is 5.69 Å². The summed E-state index contributed by atoms with van der Waals surface area (Å²) in [5, 5.41) is 9.47. The molecule has 32 heavy (non-hydrogen) atoms. The number of hydrogen-bond acceptors (Lipinski definition) is 3. The minimum Gasteiger partial charge on any atom is -0.508 e. The Kier molecular flexibility index (Phi) is 16.2. The van der Waals surface area contributed by atoms with Crippen LogP contribution >= 0.6 is 0 Å². The molecule has 0 aliphatic heterocycles. The summed E-state index contributed by atoms with van der Waals surface area (Å²) in [6.45, 7) is 2.83. The molecule has 0 aliphatic carbocycles. The second kappa shape index (κ2) is 18.5. The highest BCUT2D eigenvalue weighted by molar-refractivity contribution is 6.04. The molecule has 0 radical (unpaired) electrons. The van der Waals surface area contributed by atoms with Gasteiger partial charge in [0, 0.05) is 12.2 Å². The van der Waals surface area contributed by atoms with Gasteiger partial charge >= 0.3 is 0 Å². The fraction of sp³-hybridized carbons (Fsp3) is 0.704. The molecule has 3 N–H and O–H groups in total. The Hall–Kier alpha value is -2.04. The molecule has 0 atom stereocenters. The number of unbranched alkanes of at least 4 members (excludes halogenated alkanes) is 15. The summed E-state index contributed by atoms with van der Waals surface area (Å²) in [6.07, 6.45) is 20.6. The quantitative estimate of drug-likeness (QED) is 0.169. The Morgan fingerprint density at radius 2 is 1.12 bits per heavy atom. The van der Waals surface area contributed by atoms with Gasteiger partial charge in [0.05, 0.1) is 0 Å². The van der Waals surface area contributed by atoms with Crippen LogP contribution in [-0.4, -0.2) is 23.5 Å². The van der Waals surface area contributed by atoms with E-state index in [0.29, 0.717) is 12.2 Å². The highest BCUT2D eigenvalue weighted by Gasteiger charge is 2.17. The third kappa shape index (κ3) is 14.1. The molecule has 0 bridgehead atoms. The zero-order valence-electron chi connectivity index (χ0n) is 20.3. The van der Waals surface area contributed by atoms with Gasteiger partial charge in [-0.05, 0) is 30.7 Å². The molecule has 1 aromatic carbocycles. The number of phenols is 1. The van der Waals surface area contributed by atoms with Crippen molar-refractivity contribution in [3.8, 4) is 5.75 Å². The van der Waals surface area contributed by atoms with E-state index in [1.165, 1.54) is 89.9 Å². The summed E-state index contributed by atoms with van der Waals surface area (Å²) < 4.78 is 0. The topological polar surface area (TPSA) is 83.6 Å². The molecule has 0 aliphatic rings. The lowest BCUT2D eigenvalue weighted by atomic mass is 10.0. The zero-order valence-corrected chi connectivity index (χ0v) is 20.3. The highest BCUT2D eigenvalue weighted by atomic mass is 16.3. The molecule has 0 fully saturated rings. The normalized spacial score (nSPS) is 10.9. The van der Waals surface area contributed by atoms with Gasteiger partial charge in [-0.1, -0.05) is 103 Å². The van der Waals surface area contributed by atoms with Crippen molar-refractivity contribution in [2.45, 2.75) is 116 Å². The van der Waals surface area contributed by atoms with Crippen molar-refractivity contribution in [2.75, 3.05) is 11.4 Å². The minimum absolute atomic E-state index is 0.151. The van der Waals surface area contributed by atoms with Gasteiger partial charge in [-0.2, -0.15) is 0 Å². The number of phenolic OH excluding ortho intramolecular Hbond substituents is 1. The number of aromatic hydroxyl groups is 1. The predicted molar refractivity (Wildman–Crippen MR) is 134 cm³/mol. The molecule has 1 rings (SSSR count). The second-order valence-corrected chi connectivity index (χ2v) is 9.01. The van der Waals surface area contributed by atoms with Crippen molar-refractivity contribution < 1.29 is 14.7 Å². The Balaban J connectivity index is 2.07. The van der Waals surface area contributed by atoms with E-state index in [1.807, 2.05) is 0 Å². The maximum atomic E-state index is 12.4. The number of anilines is 1. The van der Waals surface area contributed by atoms with Crippen molar-refractivity contribution in [1.82, 2.24) is 0 Å². The van der Waals surface area contributed by atoms with Crippen LogP contribution in [0.2, 0.25) is 0 Å². The van der Waals surface area contributed by atoms with Crippen molar-refractivity contribution in [1.29, 1.82) is 0 Å². The third-order valence-electron chi connectivity index (χ3n) is 6.02. The van der Waals surface area contributed by atoms with Gasteiger partial charge in [-0.25, -0.2) is 0 Å². The van der Waals surface area contributed by atoms with E-state index in [0.717, 1.165) is 12.8 Å². The summed E-state index contributed by atoms with van der Waals surface area (Å²) >= 11 is 0. The molecule has 0 unspecified atom stereocenters. The van der Waals surface area contributed by atoms with Crippen LogP contribution in [-0.2, 0) is 9.59 Å². The molecule has 182 valence electrons. The summed E-state index contributed by atoms with van der Waals surface area (Å²) in [6, 6.07) is 6.49. The maximum absolute atomic E-state index is 12.4. The first kappa shape index (κ1) is 28.0. The first-order valence-electron chi connectivity index (χ1n) is 12.9. The number of primary amides is 1. The van der Waals surface area contributed by atoms with Gasteiger partial charge in [0.25, 0.3) is 0 Å². The van der Waals surface area contributed by atoms with Crippen molar-refractivity contribution in [3.63, 3.8) is 0 Å². The third-order valence-corrected chi connectivity index (χ3v) is 6.02. The van der Waals surface area contributed by atoms with Crippen LogP contribution in [0.1, 0.15) is 116 Å². The van der Waals surface area contributed by atoms with E-state index in [2.05, 4.69) is 6.92 Å². The van der Waals surface area contributed by atoms with Crippen LogP contribution in [0, 0.1) is 0 Å². The van der Waals surface area contributed by atoms with Gasteiger partial charge < -0.3 is 15.7 Å². The Labute approximate surface area is 195 Å². The first-order chi connectivity index (χ1) is 15.5. The largest absolute Gasteiger partial charge is 0.508 e. The van der Waals surface area contributed by atoms with E-state index in [1.54, 1.807) is 29.2 Å². The molecule has 1 aromatic rings. The van der Waals surface area contributed by atoms with E-state index >= 15 is 0 Å². The Morgan fingerprint density at radius 3 is 1.53 bits per heavy atom. The Bertz CT molecular complexity index is 616. The number of nitrogens with two attached hydrogens (primary N) is 1. The molecule has 0 saturated carbocycles. The number of benzene rings is 1. The highest BCUT2D eigenvalue weighted by Crippen LogP contribution is 2.20. The average molecular weight is 447 g/mol. The standard InChI is InChI=1S/C27H46N2O3/c1-2-3-4-5-6-7-8-9-10-11-12-13-14-15-16-17-22-29(27(32)23-26(28)31)24-18-20-25(30)21-19-24/h18-21,30H,2-17,22-23H2,1H3,(H2,28,31). The lowest BCUT2D eigenvalue weighted by Gasteiger charge is -2.22. The monoisotopic (exact) mass is 446 g/mol. The molecule has 5 nitrogen and oxygen atoms in total. The summed E-state index contributed by atoms with van der Waals surface area (Å²) in [5.74, 6) is -0.756. The van der Waals surface area contributed by atoms with Crippen molar-refractivity contribution in [2.24, 2.45) is 5.73 Å². The van der Waals surface area contributed by atoms with E-state index in [9.17, 15) is 14.7 Å². The molecule has 0 saturated heterocycles. The predicted octanol–water partition coefficient (Wildman–Crippen LogP) is 6.86. The molecular formula is C27H46N2O3. The van der Waals surface area contributed by atoms with Gasteiger partial charge in [0.15, 0.2) is 0 Å². The SMILES string of the molecule is CCCCCCCCCCCCCCCCCCN(C(=O)CC(N)=O)c1ccc(O)cc1. The van der Waals surface area contributed by atoms with Crippen LogP contribution in [0.25, 0.3) is 0 Å². The van der Waals surface area contributed by atoms with E-state index < -0.39 is 5.91 Å². The second-order valence-electron chi connectivity index (χ2n) is 9.01. The maximum Gasteiger partial charge on any atom is 0.236 e. The minimum atomic E-state index is -0.620. The Morgan fingerprint density at radius 1 is 0.719 bits per heavy atom. The van der Waals surface area contributed by atoms with E-state index in [-0.39, 0.29) is 18.1 Å². The molecule has 0 spiro atoms. The number of amides is 2. The van der Waals surface area contributed by atoms with Crippen LogP contribution < -0.4 is 10.6 Å². The van der Waals surface area contributed by atoms with Crippen LogP contribution in [0.3, 0.4) is 0 Å². The van der Waals surface area contributed by atoms with Crippen LogP contribution in [0.5, 0.6) is 5.75 Å². The average Bonchev–Trinajstić information content (AvgIpc) is 2.76. The molecule has 2 amide bonds. The summed E-state index contributed by atoms with van der Waals surface area (Å²) in [5.41, 5.74) is 5.89. The lowest BCUT2D eigenvalue weighted by molar-refractivity contribution is -0.126. The van der Waals surface area contributed by atoms with Gasteiger partial charge in [-0.15, -0.1) is 0 Å². The summed E-state index contributed by atoms with van der Waals surface area (Å²) in [4.78, 5) is 25.2. The van der Waals surface area contributed by atoms with E-state index in [4.69, 9.17) is 5.73 Å². The van der Waals surface area contributed by atoms with Gasteiger partial charge in [0.2, 0.25) is 11.8 Å². The molecule has 0 aromatic heterocycles. The van der Waals surface area contributed by atoms with Crippen molar-refractivity contribution in [3.05, 3.63) is 24.3 Å². The molecule has 5 heteroatoms. The first-order valence-corrected chi connectivity index (χ1v) is 12.9. The number of hydrogen-bond donors (Lipinski definition) is 2.